The van der Waals surface area contributed by atoms with E-state index in [2.05, 4.69) is 0 Å². The van der Waals surface area contributed by atoms with Crippen LogP contribution in [0.4, 0.5) is 5.69 Å². The summed E-state index contributed by atoms with van der Waals surface area (Å²) in [6.07, 6.45) is 0. The van der Waals surface area contributed by atoms with Gasteiger partial charge in [-0.1, -0.05) is 0 Å². The van der Waals surface area contributed by atoms with Gasteiger partial charge in [0.2, 0.25) is 0 Å². The van der Waals surface area contributed by atoms with Crippen LogP contribution in [-0.4, -0.2) is 12.9 Å². The number of hydrogen-bond donors (Lipinski definition) is 1. The molecule has 3 heteroatoms. The maximum Gasteiger partial charge on any atom is 0.159 e. The van der Waals surface area contributed by atoms with Crippen molar-refractivity contribution in [3.8, 4) is 5.75 Å². The summed E-state index contributed by atoms with van der Waals surface area (Å²) in [6, 6.07) is 4.99. The van der Waals surface area contributed by atoms with E-state index in [0.29, 0.717) is 17.0 Å². The largest absolute Gasteiger partial charge is 0.495 e. The Morgan fingerprint density at radius 1 is 1.50 bits per heavy atom. The number of carbonyl (C=O) groups excluding carboxylic acids is 1. The molecule has 0 aliphatic rings. The fourth-order valence-corrected chi connectivity index (χ4v) is 0.953. The van der Waals surface area contributed by atoms with Crippen molar-refractivity contribution in [3.63, 3.8) is 0 Å². The Labute approximate surface area is 71.1 Å². The van der Waals surface area contributed by atoms with Crippen LogP contribution in [0, 0.1) is 0 Å². The average Bonchev–Trinajstić information content (AvgIpc) is 2.04. The van der Waals surface area contributed by atoms with E-state index in [1.54, 1.807) is 25.3 Å². The molecule has 0 amide bonds. The van der Waals surface area contributed by atoms with Crippen molar-refractivity contribution in [2.24, 2.45) is 0 Å². The van der Waals surface area contributed by atoms with Gasteiger partial charge in [0.05, 0.1) is 12.8 Å². The lowest BCUT2D eigenvalue weighted by Gasteiger charge is -2.04. The molecule has 0 atom stereocenters. The molecule has 3 nitrogen and oxygen atoms in total. The van der Waals surface area contributed by atoms with Gasteiger partial charge >= 0.3 is 0 Å². The fourth-order valence-electron chi connectivity index (χ4n) is 0.953. The Hall–Kier alpha value is -1.51. The number of benzene rings is 1. The minimum absolute atomic E-state index is 0.00403. The normalized spacial score (nSPS) is 9.50. The zero-order valence-corrected chi connectivity index (χ0v) is 7.13. The van der Waals surface area contributed by atoms with Crippen LogP contribution >= 0.6 is 0 Å². The molecule has 1 rings (SSSR count). The molecule has 0 heterocycles. The van der Waals surface area contributed by atoms with Gasteiger partial charge in [-0.2, -0.15) is 0 Å². The molecule has 0 saturated carbocycles. The summed E-state index contributed by atoms with van der Waals surface area (Å²) >= 11 is 0. The molecule has 0 spiro atoms. The van der Waals surface area contributed by atoms with Gasteiger partial charge in [-0.05, 0) is 25.1 Å². The van der Waals surface area contributed by atoms with Crippen molar-refractivity contribution in [1.29, 1.82) is 0 Å². The second-order valence-electron chi connectivity index (χ2n) is 2.51. The van der Waals surface area contributed by atoms with Gasteiger partial charge in [0.15, 0.2) is 5.78 Å². The van der Waals surface area contributed by atoms with Crippen molar-refractivity contribution in [2.45, 2.75) is 6.92 Å². The monoisotopic (exact) mass is 165 g/mol. The predicted octanol–water partition coefficient (Wildman–Crippen LogP) is 1.48. The summed E-state index contributed by atoms with van der Waals surface area (Å²) in [6.45, 7) is 1.50. The van der Waals surface area contributed by atoms with E-state index < -0.39 is 0 Å². The highest BCUT2D eigenvalue weighted by Crippen LogP contribution is 2.21. The standard InChI is InChI=1S/C9H11NO2/c1-6(11)7-3-4-9(12-2)8(10)5-7/h3-5H,10H2,1-2H3. The number of anilines is 1. The Kier molecular flexibility index (Phi) is 2.33. The summed E-state index contributed by atoms with van der Waals surface area (Å²) in [4.78, 5) is 10.9. The number of ether oxygens (including phenoxy) is 1. The lowest BCUT2D eigenvalue weighted by atomic mass is 10.1. The first-order valence-electron chi connectivity index (χ1n) is 3.59. The zero-order chi connectivity index (χ0) is 9.14. The van der Waals surface area contributed by atoms with Crippen molar-refractivity contribution in [2.75, 3.05) is 12.8 Å². The molecule has 1 aromatic rings. The quantitative estimate of drug-likeness (QED) is 0.533. The van der Waals surface area contributed by atoms with Crippen LogP contribution < -0.4 is 10.5 Å². The fraction of sp³-hybridized carbons (Fsp3) is 0.222. The summed E-state index contributed by atoms with van der Waals surface area (Å²) in [5.41, 5.74) is 6.69. The topological polar surface area (TPSA) is 52.3 Å². The number of Topliss-reactive ketones (excluding diaryl/α,β-unsaturated/α-hetero) is 1. The van der Waals surface area contributed by atoms with Gasteiger partial charge in [-0.3, -0.25) is 4.79 Å². The van der Waals surface area contributed by atoms with Gasteiger partial charge in [-0.25, -0.2) is 0 Å². The van der Waals surface area contributed by atoms with E-state index in [0.717, 1.165) is 0 Å². The van der Waals surface area contributed by atoms with E-state index in [-0.39, 0.29) is 5.78 Å². The van der Waals surface area contributed by atoms with E-state index in [1.165, 1.54) is 6.92 Å². The van der Waals surface area contributed by atoms with Crippen molar-refractivity contribution >= 4 is 11.5 Å². The first kappa shape index (κ1) is 8.59. The maximum absolute atomic E-state index is 10.9. The smallest absolute Gasteiger partial charge is 0.159 e. The van der Waals surface area contributed by atoms with Gasteiger partial charge in [-0.15, -0.1) is 0 Å². The lowest BCUT2D eigenvalue weighted by Crippen LogP contribution is -1.97. The molecule has 0 bridgehead atoms. The number of rotatable bonds is 2. The molecular formula is C9H11NO2. The third kappa shape index (κ3) is 1.56. The summed E-state index contributed by atoms with van der Waals surface area (Å²) in [5.74, 6) is 0.601. The average molecular weight is 165 g/mol. The summed E-state index contributed by atoms with van der Waals surface area (Å²) in [7, 11) is 1.54. The number of carbonyl (C=O) groups is 1. The van der Waals surface area contributed by atoms with Crippen molar-refractivity contribution < 1.29 is 9.53 Å². The van der Waals surface area contributed by atoms with Crippen molar-refractivity contribution in [3.05, 3.63) is 23.8 Å². The Balaban J connectivity index is 3.10. The van der Waals surface area contributed by atoms with Crippen LogP contribution in [-0.2, 0) is 0 Å². The predicted molar refractivity (Wildman–Crippen MR) is 47.4 cm³/mol. The molecular weight excluding hydrogens is 154 g/mol. The van der Waals surface area contributed by atoms with Crippen LogP contribution in [0.2, 0.25) is 0 Å². The molecule has 0 unspecified atom stereocenters. The minimum atomic E-state index is 0.00403. The molecule has 0 radical (unpaired) electrons. The summed E-state index contributed by atoms with van der Waals surface area (Å²) < 4.78 is 4.94. The van der Waals surface area contributed by atoms with Crippen LogP contribution in [0.1, 0.15) is 17.3 Å². The maximum atomic E-state index is 10.9. The highest BCUT2D eigenvalue weighted by Gasteiger charge is 2.02. The van der Waals surface area contributed by atoms with Crippen LogP contribution in [0.5, 0.6) is 5.75 Å². The SMILES string of the molecule is COc1ccc(C(C)=O)cc1N. The third-order valence-electron chi connectivity index (χ3n) is 1.64. The highest BCUT2D eigenvalue weighted by atomic mass is 16.5. The Bertz CT molecular complexity index is 307. The molecule has 0 aromatic heterocycles. The Morgan fingerprint density at radius 3 is 2.58 bits per heavy atom. The first-order valence-corrected chi connectivity index (χ1v) is 3.59. The van der Waals surface area contributed by atoms with E-state index in [9.17, 15) is 4.79 Å². The first-order chi connectivity index (χ1) is 5.65. The molecule has 0 fully saturated rings. The Morgan fingerprint density at radius 2 is 2.17 bits per heavy atom. The second kappa shape index (κ2) is 3.26. The van der Waals surface area contributed by atoms with Crippen LogP contribution in [0.3, 0.4) is 0 Å². The van der Waals surface area contributed by atoms with Crippen LogP contribution in [0.25, 0.3) is 0 Å². The molecule has 0 aliphatic heterocycles. The molecule has 1 aromatic carbocycles. The van der Waals surface area contributed by atoms with Crippen molar-refractivity contribution in [1.82, 2.24) is 0 Å². The molecule has 64 valence electrons. The molecule has 2 N–H and O–H groups in total. The third-order valence-corrected chi connectivity index (χ3v) is 1.64. The number of nitrogen functional groups attached to an aromatic ring is 1. The summed E-state index contributed by atoms with van der Waals surface area (Å²) in [5, 5.41) is 0. The number of methoxy groups -OCH3 is 1. The lowest BCUT2D eigenvalue weighted by molar-refractivity contribution is 0.101. The minimum Gasteiger partial charge on any atom is -0.495 e. The zero-order valence-electron chi connectivity index (χ0n) is 7.13. The van der Waals surface area contributed by atoms with E-state index in [1.807, 2.05) is 0 Å². The number of nitrogens with two attached hydrogens (primary N) is 1. The molecule has 12 heavy (non-hydrogen) atoms. The van der Waals surface area contributed by atoms with E-state index >= 15 is 0 Å². The molecule has 0 saturated heterocycles. The highest BCUT2D eigenvalue weighted by molar-refractivity contribution is 5.95. The van der Waals surface area contributed by atoms with Gasteiger partial charge in [0.25, 0.3) is 0 Å². The van der Waals surface area contributed by atoms with Gasteiger partial charge in [0.1, 0.15) is 5.75 Å². The van der Waals surface area contributed by atoms with Crippen LogP contribution in [0.15, 0.2) is 18.2 Å². The number of ketones is 1. The van der Waals surface area contributed by atoms with Gasteiger partial charge in [0, 0.05) is 5.56 Å². The number of hydrogen-bond acceptors (Lipinski definition) is 3. The van der Waals surface area contributed by atoms with Gasteiger partial charge < -0.3 is 10.5 Å². The molecule has 0 aliphatic carbocycles. The second-order valence-corrected chi connectivity index (χ2v) is 2.51. The van der Waals surface area contributed by atoms with E-state index in [4.69, 9.17) is 10.5 Å².